The van der Waals surface area contributed by atoms with E-state index in [4.69, 9.17) is 9.47 Å². The van der Waals surface area contributed by atoms with Crippen molar-refractivity contribution in [3.8, 4) is 5.75 Å². The molecule has 80 valence electrons. The summed E-state index contributed by atoms with van der Waals surface area (Å²) in [4.78, 5) is 2.43. The maximum atomic E-state index is 5.59. The van der Waals surface area contributed by atoms with Gasteiger partial charge in [0.2, 0.25) is 0 Å². The summed E-state index contributed by atoms with van der Waals surface area (Å²) in [5, 5.41) is 0. The van der Waals surface area contributed by atoms with Crippen LogP contribution in [-0.4, -0.2) is 32.4 Å². The Morgan fingerprint density at radius 1 is 1.47 bits per heavy atom. The summed E-state index contributed by atoms with van der Waals surface area (Å²) in [7, 11) is 1.71. The molecule has 3 rings (SSSR count). The normalized spacial score (nSPS) is 28.5. The van der Waals surface area contributed by atoms with Crippen LogP contribution >= 0.6 is 0 Å². The van der Waals surface area contributed by atoms with E-state index in [1.54, 1.807) is 7.11 Å². The number of benzene rings is 1. The fourth-order valence-electron chi connectivity index (χ4n) is 2.50. The lowest BCUT2D eigenvalue weighted by atomic mass is 10.2. The van der Waals surface area contributed by atoms with Crippen molar-refractivity contribution in [1.29, 1.82) is 0 Å². The smallest absolute Gasteiger partial charge is 0.120 e. The second kappa shape index (κ2) is 3.42. The second-order valence-electron chi connectivity index (χ2n) is 4.20. The van der Waals surface area contributed by atoms with Crippen LogP contribution in [0.1, 0.15) is 6.42 Å². The number of fused-ring (bicyclic) bond motifs is 2. The molecule has 2 unspecified atom stereocenters. The largest absolute Gasteiger partial charge is 0.497 e. The van der Waals surface area contributed by atoms with Crippen LogP contribution in [0.15, 0.2) is 24.3 Å². The Morgan fingerprint density at radius 3 is 3.07 bits per heavy atom. The van der Waals surface area contributed by atoms with E-state index in [2.05, 4.69) is 17.0 Å². The van der Waals surface area contributed by atoms with E-state index in [9.17, 15) is 0 Å². The minimum absolute atomic E-state index is 0.446. The molecule has 0 saturated carbocycles. The molecule has 0 amide bonds. The van der Waals surface area contributed by atoms with Gasteiger partial charge in [-0.1, -0.05) is 6.07 Å². The van der Waals surface area contributed by atoms with Crippen LogP contribution in [0.4, 0.5) is 5.69 Å². The number of hydrogen-bond acceptors (Lipinski definition) is 3. The van der Waals surface area contributed by atoms with E-state index < -0.39 is 0 Å². The van der Waals surface area contributed by atoms with Crippen LogP contribution in [0.25, 0.3) is 0 Å². The van der Waals surface area contributed by atoms with Gasteiger partial charge in [-0.05, 0) is 18.6 Å². The number of nitrogens with zero attached hydrogens (tertiary/aromatic N) is 1. The van der Waals surface area contributed by atoms with E-state index in [0.29, 0.717) is 12.1 Å². The first kappa shape index (κ1) is 9.04. The lowest BCUT2D eigenvalue weighted by molar-refractivity contribution is 0.0991. The van der Waals surface area contributed by atoms with E-state index >= 15 is 0 Å². The molecule has 2 aliphatic heterocycles. The van der Waals surface area contributed by atoms with Gasteiger partial charge < -0.3 is 14.4 Å². The summed E-state index contributed by atoms with van der Waals surface area (Å²) in [5.74, 6) is 0.927. The predicted molar refractivity (Wildman–Crippen MR) is 58.5 cm³/mol. The highest BCUT2D eigenvalue weighted by Gasteiger charge is 2.38. The zero-order valence-corrected chi connectivity index (χ0v) is 8.85. The summed E-state index contributed by atoms with van der Waals surface area (Å²) in [6, 6.07) is 8.83. The van der Waals surface area contributed by atoms with Crippen molar-refractivity contribution in [2.24, 2.45) is 0 Å². The van der Waals surface area contributed by atoms with Gasteiger partial charge in [-0.3, -0.25) is 0 Å². The molecular formula is C12H15NO2. The van der Waals surface area contributed by atoms with Gasteiger partial charge >= 0.3 is 0 Å². The first-order valence-corrected chi connectivity index (χ1v) is 5.39. The molecule has 1 aromatic rings. The monoisotopic (exact) mass is 205 g/mol. The Labute approximate surface area is 89.6 Å². The molecule has 15 heavy (non-hydrogen) atoms. The predicted octanol–water partition coefficient (Wildman–Crippen LogP) is 1.67. The summed E-state index contributed by atoms with van der Waals surface area (Å²) in [5.41, 5.74) is 1.25. The second-order valence-corrected chi connectivity index (χ2v) is 4.20. The Balaban J connectivity index is 1.86. The van der Waals surface area contributed by atoms with Gasteiger partial charge in [0.1, 0.15) is 5.75 Å². The molecule has 0 radical (unpaired) electrons. The Morgan fingerprint density at radius 2 is 2.40 bits per heavy atom. The number of methoxy groups -OCH3 is 1. The van der Waals surface area contributed by atoms with Crippen LogP contribution in [0, 0.1) is 0 Å². The highest BCUT2D eigenvalue weighted by Crippen LogP contribution is 2.33. The minimum atomic E-state index is 0.446. The van der Waals surface area contributed by atoms with Gasteiger partial charge in [-0.2, -0.15) is 0 Å². The Bertz CT molecular complexity index is 366. The third kappa shape index (κ3) is 1.47. The maximum Gasteiger partial charge on any atom is 0.120 e. The van der Waals surface area contributed by atoms with Gasteiger partial charge in [0, 0.05) is 18.3 Å². The number of rotatable bonds is 2. The minimum Gasteiger partial charge on any atom is -0.497 e. The number of hydrogen-bond donors (Lipinski definition) is 0. The molecule has 0 spiro atoms. The summed E-state index contributed by atoms with van der Waals surface area (Å²) in [6.45, 7) is 1.90. The maximum absolute atomic E-state index is 5.59. The van der Waals surface area contributed by atoms with Crippen molar-refractivity contribution < 1.29 is 9.47 Å². The molecule has 2 atom stereocenters. The first-order valence-electron chi connectivity index (χ1n) is 5.39. The van der Waals surface area contributed by atoms with Crippen LogP contribution in [0.3, 0.4) is 0 Å². The lowest BCUT2D eigenvalue weighted by Crippen LogP contribution is -2.36. The quantitative estimate of drug-likeness (QED) is 0.733. The summed E-state index contributed by atoms with van der Waals surface area (Å²) in [6.07, 6.45) is 1.62. The molecule has 3 heteroatoms. The molecule has 0 N–H and O–H groups in total. The van der Waals surface area contributed by atoms with Gasteiger partial charge in [0.05, 0.1) is 25.9 Å². The summed E-state index contributed by atoms with van der Waals surface area (Å²) < 4.78 is 10.8. The molecule has 0 aliphatic carbocycles. The average molecular weight is 205 g/mol. The highest BCUT2D eigenvalue weighted by atomic mass is 16.5. The zero-order valence-electron chi connectivity index (χ0n) is 8.85. The topological polar surface area (TPSA) is 21.7 Å². The fraction of sp³-hybridized carbons (Fsp3) is 0.500. The third-order valence-electron chi connectivity index (χ3n) is 3.29. The zero-order chi connectivity index (χ0) is 10.3. The first-order chi connectivity index (χ1) is 7.36. The number of anilines is 1. The molecule has 2 fully saturated rings. The van der Waals surface area contributed by atoms with Crippen molar-refractivity contribution in [3.63, 3.8) is 0 Å². The summed E-state index contributed by atoms with van der Waals surface area (Å²) >= 11 is 0. The van der Waals surface area contributed by atoms with Crippen LogP contribution in [-0.2, 0) is 4.74 Å². The van der Waals surface area contributed by atoms with Crippen molar-refractivity contribution in [1.82, 2.24) is 0 Å². The molecule has 2 bridgehead atoms. The molecule has 0 aromatic heterocycles. The van der Waals surface area contributed by atoms with Crippen molar-refractivity contribution in [2.75, 3.05) is 25.2 Å². The fourth-order valence-corrected chi connectivity index (χ4v) is 2.50. The Kier molecular flexibility index (Phi) is 2.06. The molecule has 1 aromatic carbocycles. The van der Waals surface area contributed by atoms with E-state index in [-0.39, 0.29) is 0 Å². The molecule has 2 heterocycles. The molecular weight excluding hydrogens is 190 g/mol. The SMILES string of the molecule is COc1cccc(N2CC3CC2CO3)c1. The van der Waals surface area contributed by atoms with Crippen LogP contribution in [0.5, 0.6) is 5.75 Å². The molecule has 2 saturated heterocycles. The van der Waals surface area contributed by atoms with Gasteiger partial charge in [0.25, 0.3) is 0 Å². The van der Waals surface area contributed by atoms with Gasteiger partial charge in [-0.15, -0.1) is 0 Å². The lowest BCUT2D eigenvalue weighted by Gasteiger charge is -2.29. The van der Waals surface area contributed by atoms with Gasteiger partial charge in [0.15, 0.2) is 0 Å². The van der Waals surface area contributed by atoms with Crippen molar-refractivity contribution >= 4 is 5.69 Å². The van der Waals surface area contributed by atoms with E-state index in [0.717, 1.165) is 18.9 Å². The average Bonchev–Trinajstić information content (AvgIpc) is 2.91. The van der Waals surface area contributed by atoms with E-state index in [1.165, 1.54) is 12.1 Å². The number of morpholine rings is 1. The van der Waals surface area contributed by atoms with Crippen molar-refractivity contribution in [2.45, 2.75) is 18.6 Å². The van der Waals surface area contributed by atoms with Crippen LogP contribution < -0.4 is 9.64 Å². The number of ether oxygens (including phenoxy) is 2. The van der Waals surface area contributed by atoms with Crippen molar-refractivity contribution in [3.05, 3.63) is 24.3 Å². The molecule has 3 nitrogen and oxygen atoms in total. The standard InChI is InChI=1S/C12H15NO2/c1-14-11-4-2-3-9(5-11)13-7-12-6-10(13)8-15-12/h2-5,10,12H,6-8H2,1H3. The third-order valence-corrected chi connectivity index (χ3v) is 3.29. The Hall–Kier alpha value is -1.22. The van der Waals surface area contributed by atoms with Gasteiger partial charge in [-0.25, -0.2) is 0 Å². The van der Waals surface area contributed by atoms with E-state index in [1.807, 2.05) is 12.1 Å². The van der Waals surface area contributed by atoms with Crippen LogP contribution in [0.2, 0.25) is 0 Å². The highest BCUT2D eigenvalue weighted by molar-refractivity contribution is 5.53. The molecule has 2 aliphatic rings.